The Morgan fingerprint density at radius 2 is 1.92 bits per heavy atom. The van der Waals surface area contributed by atoms with Crippen molar-refractivity contribution in [2.75, 3.05) is 6.54 Å². The van der Waals surface area contributed by atoms with Gasteiger partial charge in [-0.2, -0.15) is 0 Å². The molecule has 0 aromatic heterocycles. The Balaban J connectivity index is 2.41. The molecule has 0 radical (unpaired) electrons. The van der Waals surface area contributed by atoms with E-state index in [0.717, 1.165) is 19.4 Å². The van der Waals surface area contributed by atoms with Crippen LogP contribution in [0.2, 0.25) is 0 Å². The zero-order valence-electron chi connectivity index (χ0n) is 8.03. The number of phenolic OH excluding ortho intramolecular Hbond substituents is 1. The van der Waals surface area contributed by atoms with Gasteiger partial charge in [0.15, 0.2) is 0 Å². The summed E-state index contributed by atoms with van der Waals surface area (Å²) in [6.07, 6.45) is 2.15. The molecule has 0 saturated carbocycles. The molecule has 1 unspecified atom stereocenters. The Kier molecular flexibility index (Phi) is 3.77. The molecule has 13 heavy (non-hydrogen) atoms. The van der Waals surface area contributed by atoms with Crippen molar-refractivity contribution < 1.29 is 5.11 Å². The lowest BCUT2D eigenvalue weighted by Gasteiger charge is -2.07. The van der Waals surface area contributed by atoms with E-state index in [1.165, 1.54) is 5.56 Å². The molecule has 1 rings (SSSR count). The van der Waals surface area contributed by atoms with E-state index >= 15 is 0 Å². The van der Waals surface area contributed by atoms with Crippen LogP contribution in [0.15, 0.2) is 24.3 Å². The molecule has 1 aromatic rings. The summed E-state index contributed by atoms with van der Waals surface area (Å²) in [5.41, 5.74) is 6.78. The molecule has 0 fully saturated rings. The SMILES string of the molecule is CC(CN)CCc1ccc(O)cc1. The predicted molar refractivity (Wildman–Crippen MR) is 54.6 cm³/mol. The van der Waals surface area contributed by atoms with E-state index in [1.54, 1.807) is 12.1 Å². The van der Waals surface area contributed by atoms with Gasteiger partial charge in [-0.25, -0.2) is 0 Å². The van der Waals surface area contributed by atoms with Crippen molar-refractivity contribution in [3.05, 3.63) is 29.8 Å². The maximum atomic E-state index is 9.06. The van der Waals surface area contributed by atoms with Crippen LogP contribution in [0.1, 0.15) is 18.9 Å². The molecule has 0 spiro atoms. The van der Waals surface area contributed by atoms with Gasteiger partial charge < -0.3 is 10.8 Å². The van der Waals surface area contributed by atoms with Gasteiger partial charge in [-0.15, -0.1) is 0 Å². The van der Waals surface area contributed by atoms with E-state index in [1.807, 2.05) is 12.1 Å². The fourth-order valence-corrected chi connectivity index (χ4v) is 1.19. The molecule has 0 heterocycles. The highest BCUT2D eigenvalue weighted by Crippen LogP contribution is 2.13. The summed E-state index contributed by atoms with van der Waals surface area (Å²) in [7, 11) is 0. The van der Waals surface area contributed by atoms with E-state index in [4.69, 9.17) is 10.8 Å². The number of aryl methyl sites for hydroxylation is 1. The average Bonchev–Trinajstić information content (AvgIpc) is 2.16. The number of phenols is 1. The Morgan fingerprint density at radius 3 is 2.46 bits per heavy atom. The summed E-state index contributed by atoms with van der Waals surface area (Å²) < 4.78 is 0. The maximum absolute atomic E-state index is 9.06. The first-order valence-corrected chi connectivity index (χ1v) is 4.70. The Bertz CT molecular complexity index is 243. The molecule has 1 atom stereocenters. The number of hydrogen-bond acceptors (Lipinski definition) is 2. The highest BCUT2D eigenvalue weighted by molar-refractivity contribution is 5.25. The first-order chi connectivity index (χ1) is 6.22. The smallest absolute Gasteiger partial charge is 0.115 e. The summed E-state index contributed by atoms with van der Waals surface area (Å²) in [4.78, 5) is 0. The zero-order valence-corrected chi connectivity index (χ0v) is 8.03. The molecule has 2 heteroatoms. The second-order valence-corrected chi connectivity index (χ2v) is 3.55. The lowest BCUT2D eigenvalue weighted by Crippen LogP contribution is -2.11. The standard InChI is InChI=1S/C11H17NO/c1-9(8-12)2-3-10-4-6-11(13)7-5-10/h4-7,9,13H,2-3,8,12H2,1H3. The van der Waals surface area contributed by atoms with Crippen LogP contribution in [0.4, 0.5) is 0 Å². The van der Waals surface area contributed by atoms with Crippen molar-refractivity contribution in [1.29, 1.82) is 0 Å². The largest absolute Gasteiger partial charge is 0.508 e. The normalized spacial score (nSPS) is 12.8. The van der Waals surface area contributed by atoms with Crippen molar-refractivity contribution in [3.63, 3.8) is 0 Å². The number of benzene rings is 1. The topological polar surface area (TPSA) is 46.2 Å². The zero-order chi connectivity index (χ0) is 9.68. The van der Waals surface area contributed by atoms with E-state index in [2.05, 4.69) is 6.92 Å². The van der Waals surface area contributed by atoms with Crippen molar-refractivity contribution in [1.82, 2.24) is 0 Å². The van der Waals surface area contributed by atoms with Gasteiger partial charge in [0.2, 0.25) is 0 Å². The molecule has 1 aromatic carbocycles. The van der Waals surface area contributed by atoms with Crippen LogP contribution in [0.3, 0.4) is 0 Å². The van der Waals surface area contributed by atoms with Crippen molar-refractivity contribution in [3.8, 4) is 5.75 Å². The van der Waals surface area contributed by atoms with Crippen LogP contribution >= 0.6 is 0 Å². The molecular formula is C11H17NO. The number of nitrogens with two attached hydrogens (primary N) is 1. The van der Waals surface area contributed by atoms with Gasteiger partial charge in [0, 0.05) is 0 Å². The molecule has 72 valence electrons. The van der Waals surface area contributed by atoms with E-state index in [9.17, 15) is 0 Å². The van der Waals surface area contributed by atoms with Crippen LogP contribution in [-0.2, 0) is 6.42 Å². The van der Waals surface area contributed by atoms with Gasteiger partial charge in [0.1, 0.15) is 5.75 Å². The second-order valence-electron chi connectivity index (χ2n) is 3.55. The molecule has 0 aliphatic rings. The van der Waals surface area contributed by atoms with Gasteiger partial charge in [-0.3, -0.25) is 0 Å². The minimum atomic E-state index is 0.329. The minimum Gasteiger partial charge on any atom is -0.508 e. The molecular weight excluding hydrogens is 162 g/mol. The first kappa shape index (κ1) is 10.1. The number of aromatic hydroxyl groups is 1. The first-order valence-electron chi connectivity index (χ1n) is 4.70. The number of rotatable bonds is 4. The molecule has 0 aliphatic heterocycles. The third-order valence-corrected chi connectivity index (χ3v) is 2.26. The lowest BCUT2D eigenvalue weighted by molar-refractivity contribution is 0.475. The van der Waals surface area contributed by atoms with Crippen LogP contribution in [0, 0.1) is 5.92 Å². The minimum absolute atomic E-state index is 0.329. The molecule has 0 bridgehead atoms. The Morgan fingerprint density at radius 1 is 1.31 bits per heavy atom. The molecule has 0 amide bonds. The van der Waals surface area contributed by atoms with Crippen LogP contribution in [0.25, 0.3) is 0 Å². The quantitative estimate of drug-likeness (QED) is 0.741. The van der Waals surface area contributed by atoms with Gasteiger partial charge in [-0.1, -0.05) is 19.1 Å². The summed E-state index contributed by atoms with van der Waals surface area (Å²) in [6, 6.07) is 7.36. The van der Waals surface area contributed by atoms with E-state index < -0.39 is 0 Å². The maximum Gasteiger partial charge on any atom is 0.115 e. The lowest BCUT2D eigenvalue weighted by atomic mass is 10.0. The summed E-state index contributed by atoms with van der Waals surface area (Å²) in [5, 5.41) is 9.06. The van der Waals surface area contributed by atoms with Gasteiger partial charge >= 0.3 is 0 Å². The van der Waals surface area contributed by atoms with Crippen LogP contribution in [-0.4, -0.2) is 11.7 Å². The fraction of sp³-hybridized carbons (Fsp3) is 0.455. The Labute approximate surface area is 79.4 Å². The van der Waals surface area contributed by atoms with Crippen LogP contribution < -0.4 is 5.73 Å². The third kappa shape index (κ3) is 3.47. The van der Waals surface area contributed by atoms with Crippen molar-refractivity contribution >= 4 is 0 Å². The van der Waals surface area contributed by atoms with Gasteiger partial charge in [-0.05, 0) is 43.0 Å². The molecule has 0 aliphatic carbocycles. The summed E-state index contributed by atoms with van der Waals surface area (Å²) in [6.45, 7) is 2.90. The second kappa shape index (κ2) is 4.87. The third-order valence-electron chi connectivity index (χ3n) is 2.26. The highest BCUT2D eigenvalue weighted by atomic mass is 16.3. The summed E-state index contributed by atoms with van der Waals surface area (Å²) >= 11 is 0. The van der Waals surface area contributed by atoms with E-state index in [-0.39, 0.29) is 0 Å². The van der Waals surface area contributed by atoms with Crippen molar-refractivity contribution in [2.45, 2.75) is 19.8 Å². The van der Waals surface area contributed by atoms with Gasteiger partial charge in [0.25, 0.3) is 0 Å². The monoisotopic (exact) mass is 179 g/mol. The highest BCUT2D eigenvalue weighted by Gasteiger charge is 1.99. The molecule has 2 nitrogen and oxygen atoms in total. The molecule has 3 N–H and O–H groups in total. The van der Waals surface area contributed by atoms with Gasteiger partial charge in [0.05, 0.1) is 0 Å². The number of hydrogen-bond donors (Lipinski definition) is 2. The van der Waals surface area contributed by atoms with E-state index in [0.29, 0.717) is 11.7 Å². The Hall–Kier alpha value is -1.02. The van der Waals surface area contributed by atoms with Crippen molar-refractivity contribution in [2.24, 2.45) is 11.7 Å². The predicted octanol–water partition coefficient (Wildman–Crippen LogP) is 1.92. The average molecular weight is 179 g/mol. The summed E-state index contributed by atoms with van der Waals surface area (Å²) in [5.74, 6) is 0.907. The van der Waals surface area contributed by atoms with Crippen LogP contribution in [0.5, 0.6) is 5.75 Å². The molecule has 0 saturated heterocycles. The fourth-order valence-electron chi connectivity index (χ4n) is 1.19.